The lowest BCUT2D eigenvalue weighted by molar-refractivity contribution is -0.113. The molecule has 0 N–H and O–H groups in total. The summed E-state index contributed by atoms with van der Waals surface area (Å²) in [5.74, 6) is 0.924. The van der Waals surface area contributed by atoms with Crippen LogP contribution in [0.1, 0.15) is 16.0 Å². The smallest absolute Gasteiger partial charge is 0.271 e. The number of nitrogens with zero attached hydrogens (tertiary/aromatic N) is 3. The second-order valence-corrected chi connectivity index (χ2v) is 6.56. The van der Waals surface area contributed by atoms with E-state index in [0.717, 1.165) is 21.8 Å². The fraction of sp³-hybridized carbons (Fsp3) is 0.0500. The van der Waals surface area contributed by atoms with E-state index in [1.54, 1.807) is 17.4 Å². The van der Waals surface area contributed by atoms with Crippen molar-refractivity contribution in [2.75, 3.05) is 0 Å². The molecule has 122 valence electrons. The maximum atomic E-state index is 12.3. The molecule has 25 heavy (non-hydrogen) atoms. The fourth-order valence-corrected chi connectivity index (χ4v) is 3.32. The van der Waals surface area contributed by atoms with Gasteiger partial charge >= 0.3 is 0 Å². The van der Waals surface area contributed by atoms with Gasteiger partial charge in [0.2, 0.25) is 0 Å². The van der Waals surface area contributed by atoms with Crippen LogP contribution in [0.2, 0.25) is 0 Å². The van der Waals surface area contributed by atoms with Crippen LogP contribution in [0.15, 0.2) is 82.3 Å². The molecule has 0 radical (unpaired) electrons. The van der Waals surface area contributed by atoms with E-state index < -0.39 is 0 Å². The van der Waals surface area contributed by atoms with Crippen molar-refractivity contribution in [2.24, 2.45) is 9.98 Å². The summed E-state index contributed by atoms with van der Waals surface area (Å²) < 4.78 is 0. The maximum Gasteiger partial charge on any atom is 0.271 e. The number of allylic oxidation sites excluding steroid dienone is 2. The summed E-state index contributed by atoms with van der Waals surface area (Å²) in [6, 6.07) is 11.8. The Morgan fingerprint density at radius 3 is 3.00 bits per heavy atom. The molecule has 2 aromatic rings. The SMILES string of the molecule is O=C(/C=C/c1cccs1)N=C1N=C2C=CC=CN2Cc2ccccc21. The van der Waals surface area contributed by atoms with Crippen molar-refractivity contribution >= 4 is 35.0 Å². The third-order valence-electron chi connectivity index (χ3n) is 3.89. The first-order chi connectivity index (χ1) is 12.3. The molecule has 0 spiro atoms. The van der Waals surface area contributed by atoms with Gasteiger partial charge in [-0.2, -0.15) is 4.99 Å². The van der Waals surface area contributed by atoms with Crippen LogP contribution < -0.4 is 0 Å². The minimum Gasteiger partial charge on any atom is -0.329 e. The van der Waals surface area contributed by atoms with Crippen LogP contribution in [-0.2, 0) is 11.3 Å². The predicted molar refractivity (Wildman–Crippen MR) is 103 cm³/mol. The second kappa shape index (κ2) is 6.83. The van der Waals surface area contributed by atoms with Crippen molar-refractivity contribution in [3.63, 3.8) is 0 Å². The quantitative estimate of drug-likeness (QED) is 0.771. The highest BCUT2D eigenvalue weighted by molar-refractivity contribution is 7.10. The van der Waals surface area contributed by atoms with Gasteiger partial charge < -0.3 is 4.90 Å². The number of rotatable bonds is 2. The van der Waals surface area contributed by atoms with Crippen LogP contribution in [0.3, 0.4) is 0 Å². The van der Waals surface area contributed by atoms with Gasteiger partial charge in [-0.1, -0.05) is 36.4 Å². The molecule has 2 aliphatic rings. The van der Waals surface area contributed by atoms with Gasteiger partial charge in [0.1, 0.15) is 5.84 Å². The van der Waals surface area contributed by atoms with Crippen molar-refractivity contribution in [2.45, 2.75) is 6.54 Å². The van der Waals surface area contributed by atoms with Gasteiger partial charge in [0.05, 0.1) is 0 Å². The molecular weight excluding hydrogens is 330 g/mol. The molecule has 1 aromatic carbocycles. The Kier molecular flexibility index (Phi) is 4.23. The number of hydrogen-bond acceptors (Lipinski definition) is 3. The molecule has 0 unspecified atom stereocenters. The molecule has 0 atom stereocenters. The first-order valence-corrected chi connectivity index (χ1v) is 8.80. The molecule has 5 heteroatoms. The summed E-state index contributed by atoms with van der Waals surface area (Å²) in [7, 11) is 0. The highest BCUT2D eigenvalue weighted by atomic mass is 32.1. The maximum absolute atomic E-state index is 12.3. The topological polar surface area (TPSA) is 45.0 Å². The van der Waals surface area contributed by atoms with Gasteiger partial charge in [0.15, 0.2) is 5.84 Å². The van der Waals surface area contributed by atoms with Crippen molar-refractivity contribution in [3.8, 4) is 0 Å². The molecule has 0 saturated heterocycles. The number of benzene rings is 1. The molecule has 1 amide bonds. The summed E-state index contributed by atoms with van der Waals surface area (Å²) in [5.41, 5.74) is 1.99. The molecule has 0 saturated carbocycles. The minimum atomic E-state index is -0.314. The van der Waals surface area contributed by atoms with Crippen LogP contribution in [0.5, 0.6) is 0 Å². The summed E-state index contributed by atoms with van der Waals surface area (Å²) in [6.07, 6.45) is 11.1. The summed E-state index contributed by atoms with van der Waals surface area (Å²) >= 11 is 1.58. The summed E-state index contributed by atoms with van der Waals surface area (Å²) in [4.78, 5) is 24.3. The Morgan fingerprint density at radius 2 is 2.12 bits per heavy atom. The van der Waals surface area contributed by atoms with E-state index in [9.17, 15) is 4.79 Å². The Bertz CT molecular complexity index is 949. The van der Waals surface area contributed by atoms with E-state index in [2.05, 4.69) is 9.98 Å². The zero-order chi connectivity index (χ0) is 17.1. The third-order valence-corrected chi connectivity index (χ3v) is 4.72. The van der Waals surface area contributed by atoms with Crippen LogP contribution in [0.25, 0.3) is 6.08 Å². The average molecular weight is 345 g/mol. The number of amides is 1. The number of aliphatic imine (C=N–C) groups is 2. The van der Waals surface area contributed by atoms with Crippen LogP contribution in [-0.4, -0.2) is 22.5 Å². The van der Waals surface area contributed by atoms with Crippen LogP contribution >= 0.6 is 11.3 Å². The highest BCUT2D eigenvalue weighted by Crippen LogP contribution is 2.20. The Morgan fingerprint density at radius 1 is 1.20 bits per heavy atom. The van der Waals surface area contributed by atoms with Gasteiger partial charge in [0.25, 0.3) is 5.91 Å². The van der Waals surface area contributed by atoms with E-state index in [1.807, 2.05) is 71.1 Å². The zero-order valence-corrected chi connectivity index (χ0v) is 14.2. The van der Waals surface area contributed by atoms with Gasteiger partial charge in [-0.05, 0) is 35.2 Å². The number of amidine groups is 2. The molecular formula is C20H15N3OS. The highest BCUT2D eigenvalue weighted by Gasteiger charge is 2.20. The van der Waals surface area contributed by atoms with E-state index >= 15 is 0 Å². The fourth-order valence-electron chi connectivity index (χ4n) is 2.70. The molecule has 4 nitrogen and oxygen atoms in total. The Hall–Kier alpha value is -3.05. The van der Waals surface area contributed by atoms with Crippen LogP contribution in [0.4, 0.5) is 0 Å². The lowest BCUT2D eigenvalue weighted by atomic mass is 10.1. The van der Waals surface area contributed by atoms with E-state index in [1.165, 1.54) is 6.08 Å². The lowest BCUT2D eigenvalue weighted by Crippen LogP contribution is -2.24. The molecule has 0 fully saturated rings. The third kappa shape index (κ3) is 3.41. The molecule has 4 rings (SSSR count). The van der Waals surface area contributed by atoms with Gasteiger partial charge in [0, 0.05) is 29.3 Å². The van der Waals surface area contributed by atoms with Gasteiger partial charge in [-0.25, -0.2) is 4.99 Å². The molecule has 0 aliphatic carbocycles. The first kappa shape index (κ1) is 15.5. The normalized spacial score (nSPS) is 17.4. The zero-order valence-electron chi connectivity index (χ0n) is 13.4. The number of fused-ring (bicyclic) bond motifs is 2. The van der Waals surface area contributed by atoms with Crippen molar-refractivity contribution in [1.82, 2.24) is 4.90 Å². The number of carbonyl (C=O) groups is 1. The van der Waals surface area contributed by atoms with Gasteiger partial charge in [-0.3, -0.25) is 4.79 Å². The number of carbonyl (C=O) groups excluding carboxylic acids is 1. The second-order valence-electron chi connectivity index (χ2n) is 5.58. The molecule has 0 bridgehead atoms. The van der Waals surface area contributed by atoms with Crippen LogP contribution in [0, 0.1) is 0 Å². The molecule has 2 aliphatic heterocycles. The predicted octanol–water partition coefficient (Wildman–Crippen LogP) is 4.03. The lowest BCUT2D eigenvalue weighted by Gasteiger charge is -2.20. The van der Waals surface area contributed by atoms with E-state index in [-0.39, 0.29) is 5.91 Å². The number of thiophene rings is 1. The number of hydrogen-bond donors (Lipinski definition) is 0. The monoisotopic (exact) mass is 345 g/mol. The Labute approximate surface area is 149 Å². The summed E-state index contributed by atoms with van der Waals surface area (Å²) in [6.45, 7) is 0.702. The molecule has 1 aromatic heterocycles. The Balaban J connectivity index is 1.71. The average Bonchev–Trinajstić information content (AvgIpc) is 3.10. The minimum absolute atomic E-state index is 0.314. The van der Waals surface area contributed by atoms with Crippen molar-refractivity contribution in [3.05, 3.63) is 88.3 Å². The summed E-state index contributed by atoms with van der Waals surface area (Å²) in [5, 5.41) is 1.97. The first-order valence-electron chi connectivity index (χ1n) is 7.92. The van der Waals surface area contributed by atoms with Crippen molar-refractivity contribution < 1.29 is 4.79 Å². The van der Waals surface area contributed by atoms with E-state index in [0.29, 0.717) is 12.4 Å². The standard InChI is InChI=1S/C20H15N3OS/c24-19(11-10-16-7-5-13-25-16)22-20-17-8-2-1-6-15(17)14-23-12-4-3-9-18(23)21-20/h1-13H,14H2/b11-10+,22-20?. The van der Waals surface area contributed by atoms with Gasteiger partial charge in [-0.15, -0.1) is 11.3 Å². The van der Waals surface area contributed by atoms with Crippen molar-refractivity contribution in [1.29, 1.82) is 0 Å². The van der Waals surface area contributed by atoms with E-state index in [4.69, 9.17) is 0 Å². The largest absolute Gasteiger partial charge is 0.329 e. The molecule has 3 heterocycles.